The van der Waals surface area contributed by atoms with E-state index in [0.717, 1.165) is 6.54 Å². The second-order valence-corrected chi connectivity index (χ2v) is 5.92. The molecular formula is C17H19NS. The molecule has 2 aromatic rings. The number of anilines is 1. The molecule has 0 radical (unpaired) electrons. The number of nitrogens with one attached hydrogen (secondary N) is 1. The molecule has 0 bridgehead atoms. The molecule has 0 amide bonds. The van der Waals surface area contributed by atoms with Crippen LogP contribution in [-0.4, -0.2) is 6.26 Å². The SMILES string of the molecule is CSc1ccc(CNc2ccc3c(c2)CCC3)cc1. The van der Waals surface area contributed by atoms with Gasteiger partial charge in [0.25, 0.3) is 0 Å². The van der Waals surface area contributed by atoms with Gasteiger partial charge in [0.1, 0.15) is 0 Å². The van der Waals surface area contributed by atoms with E-state index in [1.54, 1.807) is 11.8 Å². The first kappa shape index (κ1) is 12.6. The normalized spacial score (nSPS) is 13.3. The number of aryl methyl sites for hydroxylation is 2. The highest BCUT2D eigenvalue weighted by Gasteiger charge is 2.10. The summed E-state index contributed by atoms with van der Waals surface area (Å²) in [7, 11) is 0. The van der Waals surface area contributed by atoms with Gasteiger partial charge in [-0.3, -0.25) is 0 Å². The van der Waals surface area contributed by atoms with Crippen molar-refractivity contribution < 1.29 is 0 Å². The lowest BCUT2D eigenvalue weighted by atomic mass is 10.1. The van der Waals surface area contributed by atoms with E-state index >= 15 is 0 Å². The highest BCUT2D eigenvalue weighted by atomic mass is 32.2. The maximum Gasteiger partial charge on any atom is 0.0400 e. The van der Waals surface area contributed by atoms with Crippen LogP contribution in [0.4, 0.5) is 5.69 Å². The molecule has 98 valence electrons. The van der Waals surface area contributed by atoms with E-state index in [2.05, 4.69) is 54.0 Å². The maximum absolute atomic E-state index is 3.52. The molecule has 1 nitrogen and oxygen atoms in total. The van der Waals surface area contributed by atoms with Gasteiger partial charge in [0.2, 0.25) is 0 Å². The number of fused-ring (bicyclic) bond motifs is 1. The molecule has 3 rings (SSSR count). The van der Waals surface area contributed by atoms with Crippen molar-refractivity contribution in [3.63, 3.8) is 0 Å². The average molecular weight is 269 g/mol. The van der Waals surface area contributed by atoms with E-state index in [1.165, 1.54) is 46.5 Å². The fraction of sp³-hybridized carbons (Fsp3) is 0.294. The summed E-state index contributed by atoms with van der Waals surface area (Å²) < 4.78 is 0. The Balaban J connectivity index is 1.65. The fourth-order valence-corrected chi connectivity index (χ4v) is 3.04. The van der Waals surface area contributed by atoms with Crippen LogP contribution in [0.1, 0.15) is 23.1 Å². The van der Waals surface area contributed by atoms with Gasteiger partial charge in [-0.05, 0) is 66.5 Å². The average Bonchev–Trinajstić information content (AvgIpc) is 2.93. The van der Waals surface area contributed by atoms with Crippen LogP contribution in [0.5, 0.6) is 0 Å². The van der Waals surface area contributed by atoms with Gasteiger partial charge in [-0.15, -0.1) is 11.8 Å². The van der Waals surface area contributed by atoms with Gasteiger partial charge < -0.3 is 5.32 Å². The molecule has 2 aromatic carbocycles. The van der Waals surface area contributed by atoms with Crippen LogP contribution in [-0.2, 0) is 19.4 Å². The third-order valence-corrected chi connectivity index (χ3v) is 4.50. The zero-order valence-corrected chi connectivity index (χ0v) is 12.1. The molecule has 1 aliphatic carbocycles. The van der Waals surface area contributed by atoms with Gasteiger partial charge in [-0.2, -0.15) is 0 Å². The van der Waals surface area contributed by atoms with Gasteiger partial charge in [-0.1, -0.05) is 18.2 Å². The Labute approximate surface area is 119 Å². The molecular weight excluding hydrogens is 250 g/mol. The minimum Gasteiger partial charge on any atom is -0.381 e. The quantitative estimate of drug-likeness (QED) is 0.820. The van der Waals surface area contributed by atoms with Crippen molar-refractivity contribution >= 4 is 17.4 Å². The van der Waals surface area contributed by atoms with E-state index in [4.69, 9.17) is 0 Å². The van der Waals surface area contributed by atoms with E-state index in [1.807, 2.05) is 0 Å². The maximum atomic E-state index is 3.52. The molecule has 0 aromatic heterocycles. The monoisotopic (exact) mass is 269 g/mol. The summed E-state index contributed by atoms with van der Waals surface area (Å²) in [6.07, 6.45) is 5.92. The van der Waals surface area contributed by atoms with Crippen molar-refractivity contribution in [2.45, 2.75) is 30.7 Å². The predicted molar refractivity (Wildman–Crippen MR) is 84.0 cm³/mol. The van der Waals surface area contributed by atoms with Crippen molar-refractivity contribution in [1.29, 1.82) is 0 Å². The summed E-state index contributed by atoms with van der Waals surface area (Å²) in [6.45, 7) is 0.896. The summed E-state index contributed by atoms with van der Waals surface area (Å²) in [6, 6.07) is 15.6. The van der Waals surface area contributed by atoms with E-state index in [-0.39, 0.29) is 0 Å². The zero-order chi connectivity index (χ0) is 13.1. The van der Waals surface area contributed by atoms with Crippen LogP contribution < -0.4 is 5.32 Å². The second kappa shape index (κ2) is 5.70. The van der Waals surface area contributed by atoms with Crippen LogP contribution in [0.25, 0.3) is 0 Å². The van der Waals surface area contributed by atoms with Crippen LogP contribution in [0, 0.1) is 0 Å². The summed E-state index contributed by atoms with van der Waals surface area (Å²) in [5, 5.41) is 3.52. The first-order valence-electron chi connectivity index (χ1n) is 6.84. The number of hydrogen-bond donors (Lipinski definition) is 1. The third kappa shape index (κ3) is 2.95. The first-order valence-corrected chi connectivity index (χ1v) is 8.06. The largest absolute Gasteiger partial charge is 0.381 e. The van der Waals surface area contributed by atoms with Crippen LogP contribution in [0.2, 0.25) is 0 Å². The highest BCUT2D eigenvalue weighted by molar-refractivity contribution is 7.98. The topological polar surface area (TPSA) is 12.0 Å². The summed E-state index contributed by atoms with van der Waals surface area (Å²) >= 11 is 1.79. The van der Waals surface area contributed by atoms with Gasteiger partial charge >= 0.3 is 0 Å². The third-order valence-electron chi connectivity index (χ3n) is 3.75. The lowest BCUT2D eigenvalue weighted by Gasteiger charge is -2.09. The van der Waals surface area contributed by atoms with Crippen molar-refractivity contribution in [3.8, 4) is 0 Å². The molecule has 0 aliphatic heterocycles. The molecule has 0 unspecified atom stereocenters. The molecule has 0 heterocycles. The molecule has 0 saturated carbocycles. The Kier molecular flexibility index (Phi) is 3.79. The molecule has 0 saturated heterocycles. The van der Waals surface area contributed by atoms with Gasteiger partial charge in [0.15, 0.2) is 0 Å². The zero-order valence-electron chi connectivity index (χ0n) is 11.3. The minimum atomic E-state index is 0.896. The summed E-state index contributed by atoms with van der Waals surface area (Å²) in [5.41, 5.74) is 5.64. The minimum absolute atomic E-state index is 0.896. The van der Waals surface area contributed by atoms with Crippen molar-refractivity contribution in [2.75, 3.05) is 11.6 Å². The highest BCUT2D eigenvalue weighted by Crippen LogP contribution is 2.25. The first-order chi connectivity index (χ1) is 9.35. The number of benzene rings is 2. The summed E-state index contributed by atoms with van der Waals surface area (Å²) in [4.78, 5) is 1.32. The Morgan fingerprint density at radius 3 is 2.58 bits per heavy atom. The number of rotatable bonds is 4. The van der Waals surface area contributed by atoms with E-state index in [0.29, 0.717) is 0 Å². The van der Waals surface area contributed by atoms with E-state index in [9.17, 15) is 0 Å². The molecule has 1 N–H and O–H groups in total. The molecule has 1 aliphatic rings. The van der Waals surface area contributed by atoms with Crippen LogP contribution in [0.3, 0.4) is 0 Å². The van der Waals surface area contributed by atoms with Crippen LogP contribution in [0.15, 0.2) is 47.4 Å². The fourth-order valence-electron chi connectivity index (χ4n) is 2.63. The summed E-state index contributed by atoms with van der Waals surface area (Å²) in [5.74, 6) is 0. The standard InChI is InChI=1S/C17H19NS/c1-19-17-9-5-13(6-10-17)12-18-16-8-7-14-3-2-4-15(14)11-16/h5-11,18H,2-4,12H2,1H3. The molecule has 0 spiro atoms. The lowest BCUT2D eigenvalue weighted by Crippen LogP contribution is -1.99. The molecule has 0 fully saturated rings. The van der Waals surface area contributed by atoms with Gasteiger partial charge in [0, 0.05) is 17.1 Å². The second-order valence-electron chi connectivity index (χ2n) is 5.04. The molecule has 19 heavy (non-hydrogen) atoms. The van der Waals surface area contributed by atoms with Crippen molar-refractivity contribution in [3.05, 3.63) is 59.2 Å². The Morgan fingerprint density at radius 1 is 1.00 bits per heavy atom. The van der Waals surface area contributed by atoms with Gasteiger partial charge in [-0.25, -0.2) is 0 Å². The Hall–Kier alpha value is -1.41. The predicted octanol–water partition coefficient (Wildman–Crippen LogP) is 4.51. The van der Waals surface area contributed by atoms with Crippen LogP contribution >= 0.6 is 11.8 Å². The number of hydrogen-bond acceptors (Lipinski definition) is 2. The van der Waals surface area contributed by atoms with Crippen molar-refractivity contribution in [1.82, 2.24) is 0 Å². The Bertz CT molecular complexity index is 560. The van der Waals surface area contributed by atoms with Crippen molar-refractivity contribution in [2.24, 2.45) is 0 Å². The smallest absolute Gasteiger partial charge is 0.0400 e. The van der Waals surface area contributed by atoms with E-state index < -0.39 is 0 Å². The number of thioether (sulfide) groups is 1. The molecule has 2 heteroatoms. The Morgan fingerprint density at radius 2 is 1.79 bits per heavy atom. The van der Waals surface area contributed by atoms with Gasteiger partial charge in [0.05, 0.1) is 0 Å². The lowest BCUT2D eigenvalue weighted by molar-refractivity contribution is 0.912. The molecule has 0 atom stereocenters.